The average Bonchev–Trinajstić information content (AvgIpc) is 2.49. The van der Waals surface area contributed by atoms with Gasteiger partial charge >= 0.3 is 0 Å². The van der Waals surface area contributed by atoms with Crippen LogP contribution in [0.15, 0.2) is 36.5 Å². The van der Waals surface area contributed by atoms with Gasteiger partial charge in [0.1, 0.15) is 5.15 Å². The van der Waals surface area contributed by atoms with E-state index in [0.717, 1.165) is 0 Å². The van der Waals surface area contributed by atoms with Gasteiger partial charge in [-0.2, -0.15) is 0 Å². The van der Waals surface area contributed by atoms with Crippen LogP contribution in [0.1, 0.15) is 22.8 Å². The third kappa shape index (κ3) is 4.00. The van der Waals surface area contributed by atoms with Crippen molar-refractivity contribution in [1.29, 1.82) is 0 Å². The minimum Gasteiger partial charge on any atom is -0.503 e. The first-order valence-electron chi connectivity index (χ1n) is 6.50. The zero-order chi connectivity index (χ0) is 16.1. The fraction of sp³-hybridized carbons (Fsp3) is 0.125. The standard InChI is InChI=1S/C16H13Cl2NO3/c1-2-22-14-8-10(7-12(17)16(14)21)3-4-13(20)11-5-6-19-15(18)9-11/h3-9,21H,2H2,1H3. The number of hydrogen-bond acceptors (Lipinski definition) is 4. The lowest BCUT2D eigenvalue weighted by molar-refractivity contribution is 0.104. The number of nitrogens with zero attached hydrogens (tertiary/aromatic N) is 1. The van der Waals surface area contributed by atoms with Gasteiger partial charge in [0.05, 0.1) is 11.6 Å². The van der Waals surface area contributed by atoms with Gasteiger partial charge in [0, 0.05) is 11.8 Å². The van der Waals surface area contributed by atoms with Gasteiger partial charge in [-0.25, -0.2) is 4.98 Å². The summed E-state index contributed by atoms with van der Waals surface area (Å²) < 4.78 is 5.29. The molecular weight excluding hydrogens is 325 g/mol. The van der Waals surface area contributed by atoms with Crippen LogP contribution in [-0.4, -0.2) is 22.5 Å². The van der Waals surface area contributed by atoms with E-state index in [4.69, 9.17) is 27.9 Å². The molecule has 0 aliphatic carbocycles. The highest BCUT2D eigenvalue weighted by molar-refractivity contribution is 6.32. The highest BCUT2D eigenvalue weighted by atomic mass is 35.5. The van der Waals surface area contributed by atoms with Crippen LogP contribution in [0.2, 0.25) is 10.2 Å². The number of halogens is 2. The molecule has 0 spiro atoms. The molecule has 0 aliphatic heterocycles. The Hall–Kier alpha value is -2.04. The number of phenolic OH excluding ortho intramolecular Hbond substituents is 1. The number of aromatic hydroxyl groups is 1. The summed E-state index contributed by atoms with van der Waals surface area (Å²) in [4.78, 5) is 15.9. The summed E-state index contributed by atoms with van der Waals surface area (Å²) in [5.74, 6) is -0.0616. The highest BCUT2D eigenvalue weighted by Crippen LogP contribution is 2.35. The molecule has 0 unspecified atom stereocenters. The van der Waals surface area contributed by atoms with E-state index in [1.807, 2.05) is 0 Å². The summed E-state index contributed by atoms with van der Waals surface area (Å²) in [7, 11) is 0. The zero-order valence-corrected chi connectivity index (χ0v) is 13.2. The lowest BCUT2D eigenvalue weighted by Crippen LogP contribution is -1.95. The van der Waals surface area contributed by atoms with E-state index in [0.29, 0.717) is 17.7 Å². The van der Waals surface area contributed by atoms with Crippen molar-refractivity contribution in [3.63, 3.8) is 0 Å². The van der Waals surface area contributed by atoms with Gasteiger partial charge in [-0.05, 0) is 42.8 Å². The van der Waals surface area contributed by atoms with Crippen LogP contribution >= 0.6 is 23.2 Å². The molecule has 1 heterocycles. The molecule has 1 aromatic heterocycles. The molecule has 1 N–H and O–H groups in total. The average molecular weight is 338 g/mol. The number of carbonyl (C=O) groups is 1. The largest absolute Gasteiger partial charge is 0.503 e. The van der Waals surface area contributed by atoms with E-state index in [1.54, 1.807) is 31.2 Å². The Morgan fingerprint density at radius 1 is 1.36 bits per heavy atom. The molecule has 0 amide bonds. The number of hydrogen-bond donors (Lipinski definition) is 1. The van der Waals surface area contributed by atoms with Crippen molar-refractivity contribution in [2.24, 2.45) is 0 Å². The predicted octanol–water partition coefficient (Wildman–Crippen LogP) is 4.39. The Morgan fingerprint density at radius 3 is 2.82 bits per heavy atom. The lowest BCUT2D eigenvalue weighted by Gasteiger charge is -2.08. The topological polar surface area (TPSA) is 59.4 Å². The first kappa shape index (κ1) is 16.3. The van der Waals surface area contributed by atoms with Gasteiger partial charge in [0.25, 0.3) is 0 Å². The Labute approximate surface area is 138 Å². The van der Waals surface area contributed by atoms with Crippen molar-refractivity contribution in [3.8, 4) is 11.5 Å². The molecule has 0 saturated carbocycles. The van der Waals surface area contributed by atoms with E-state index in [-0.39, 0.29) is 27.5 Å². The number of rotatable bonds is 5. The summed E-state index contributed by atoms with van der Waals surface area (Å²) in [6, 6.07) is 6.22. The quantitative estimate of drug-likeness (QED) is 0.499. The minimum absolute atomic E-state index is 0.118. The van der Waals surface area contributed by atoms with Crippen LogP contribution in [0.3, 0.4) is 0 Å². The van der Waals surface area contributed by atoms with E-state index in [9.17, 15) is 9.90 Å². The van der Waals surface area contributed by atoms with Crippen molar-refractivity contribution in [3.05, 3.63) is 57.8 Å². The van der Waals surface area contributed by atoms with Gasteiger partial charge in [-0.1, -0.05) is 29.3 Å². The molecule has 1 aromatic carbocycles. The van der Waals surface area contributed by atoms with Crippen LogP contribution in [0.5, 0.6) is 11.5 Å². The summed E-state index contributed by atoms with van der Waals surface area (Å²) in [6.45, 7) is 2.19. The maximum absolute atomic E-state index is 12.0. The number of phenols is 1. The van der Waals surface area contributed by atoms with Crippen LogP contribution in [0, 0.1) is 0 Å². The Bertz CT molecular complexity index is 729. The van der Waals surface area contributed by atoms with Crippen molar-refractivity contribution >= 4 is 35.1 Å². The number of ether oxygens (including phenoxy) is 1. The van der Waals surface area contributed by atoms with E-state index >= 15 is 0 Å². The summed E-state index contributed by atoms with van der Waals surface area (Å²) in [5.41, 5.74) is 1.07. The second kappa shape index (κ2) is 7.29. The molecule has 22 heavy (non-hydrogen) atoms. The zero-order valence-electron chi connectivity index (χ0n) is 11.7. The molecule has 0 bridgehead atoms. The maximum atomic E-state index is 12.0. The first-order valence-corrected chi connectivity index (χ1v) is 7.26. The fourth-order valence-corrected chi connectivity index (χ4v) is 2.17. The Morgan fingerprint density at radius 2 is 2.14 bits per heavy atom. The second-order valence-corrected chi connectivity index (χ2v) is 5.14. The van der Waals surface area contributed by atoms with E-state index in [1.165, 1.54) is 18.3 Å². The van der Waals surface area contributed by atoms with E-state index < -0.39 is 0 Å². The first-order chi connectivity index (χ1) is 10.5. The van der Waals surface area contributed by atoms with Gasteiger partial charge in [0.2, 0.25) is 0 Å². The van der Waals surface area contributed by atoms with E-state index in [2.05, 4.69) is 4.98 Å². The van der Waals surface area contributed by atoms with Gasteiger partial charge in [-0.15, -0.1) is 0 Å². The molecule has 0 radical (unpaired) electrons. The minimum atomic E-state index is -0.216. The molecule has 0 fully saturated rings. The number of ketones is 1. The molecule has 0 atom stereocenters. The van der Waals surface area contributed by atoms with Crippen molar-refractivity contribution < 1.29 is 14.6 Å². The fourth-order valence-electron chi connectivity index (χ4n) is 1.78. The van der Waals surface area contributed by atoms with Gasteiger partial charge in [-0.3, -0.25) is 4.79 Å². The van der Waals surface area contributed by atoms with Crippen LogP contribution < -0.4 is 4.74 Å². The second-order valence-electron chi connectivity index (χ2n) is 4.35. The third-order valence-electron chi connectivity index (χ3n) is 2.79. The molecule has 6 heteroatoms. The number of aromatic nitrogens is 1. The lowest BCUT2D eigenvalue weighted by atomic mass is 10.1. The third-order valence-corrected chi connectivity index (χ3v) is 3.28. The Kier molecular flexibility index (Phi) is 5.41. The number of pyridine rings is 1. The SMILES string of the molecule is CCOc1cc(C=CC(=O)c2ccnc(Cl)c2)cc(Cl)c1O. The normalized spacial score (nSPS) is 10.9. The molecule has 0 saturated heterocycles. The Balaban J connectivity index is 2.24. The summed E-state index contributed by atoms with van der Waals surface area (Å²) in [6.07, 6.45) is 4.45. The molecule has 2 aromatic rings. The summed E-state index contributed by atoms with van der Waals surface area (Å²) in [5, 5.41) is 10.2. The van der Waals surface area contributed by atoms with Crippen molar-refractivity contribution in [1.82, 2.24) is 4.98 Å². The number of allylic oxidation sites excluding steroid dienone is 1. The van der Waals surface area contributed by atoms with Crippen molar-refractivity contribution in [2.45, 2.75) is 6.92 Å². The van der Waals surface area contributed by atoms with Crippen LogP contribution in [0.25, 0.3) is 6.08 Å². The van der Waals surface area contributed by atoms with Crippen LogP contribution in [0.4, 0.5) is 0 Å². The number of benzene rings is 1. The molecule has 114 valence electrons. The van der Waals surface area contributed by atoms with Gasteiger partial charge in [0.15, 0.2) is 17.3 Å². The maximum Gasteiger partial charge on any atom is 0.186 e. The highest BCUT2D eigenvalue weighted by Gasteiger charge is 2.09. The molecule has 2 rings (SSSR count). The monoisotopic (exact) mass is 337 g/mol. The van der Waals surface area contributed by atoms with Gasteiger partial charge < -0.3 is 9.84 Å². The number of carbonyl (C=O) groups excluding carboxylic acids is 1. The summed E-state index contributed by atoms with van der Waals surface area (Å²) >= 11 is 11.7. The van der Waals surface area contributed by atoms with Crippen molar-refractivity contribution in [2.75, 3.05) is 6.61 Å². The molecule has 0 aliphatic rings. The molecule has 4 nitrogen and oxygen atoms in total. The molecular formula is C16H13Cl2NO3. The smallest absolute Gasteiger partial charge is 0.186 e. The predicted molar refractivity (Wildman–Crippen MR) is 86.9 cm³/mol. The van der Waals surface area contributed by atoms with Crippen LogP contribution in [-0.2, 0) is 0 Å².